The average molecular weight is 424 g/mol. The lowest BCUT2D eigenvalue weighted by Crippen LogP contribution is -2.28. The van der Waals surface area contributed by atoms with Crippen LogP contribution >= 0.6 is 11.8 Å². The maximum atomic E-state index is 12.4. The molecule has 3 aromatic rings. The number of rotatable bonds is 8. The molecule has 0 radical (unpaired) electrons. The Bertz CT molecular complexity index is 976. The third-order valence-electron chi connectivity index (χ3n) is 4.70. The first kappa shape index (κ1) is 22.1. The van der Waals surface area contributed by atoms with Crippen LogP contribution in [0, 0.1) is 19.8 Å². The first-order chi connectivity index (χ1) is 14.3. The van der Waals surface area contributed by atoms with Crippen LogP contribution in [0.1, 0.15) is 49.1 Å². The molecule has 0 spiro atoms. The van der Waals surface area contributed by atoms with Crippen LogP contribution in [0.5, 0.6) is 0 Å². The summed E-state index contributed by atoms with van der Waals surface area (Å²) in [4.78, 5) is 12.4. The molecule has 0 unspecified atom stereocenters. The summed E-state index contributed by atoms with van der Waals surface area (Å²) in [5.74, 6) is 1.26. The fourth-order valence-electron chi connectivity index (χ4n) is 3.39. The molecule has 6 heteroatoms. The van der Waals surface area contributed by atoms with Crippen molar-refractivity contribution < 1.29 is 9.21 Å². The van der Waals surface area contributed by atoms with Gasteiger partial charge in [-0.1, -0.05) is 67.1 Å². The predicted octanol–water partition coefficient (Wildman–Crippen LogP) is 5.52. The van der Waals surface area contributed by atoms with Crippen molar-refractivity contribution in [1.82, 2.24) is 15.5 Å². The zero-order chi connectivity index (χ0) is 21.7. The van der Waals surface area contributed by atoms with Crippen LogP contribution in [0.3, 0.4) is 0 Å². The highest BCUT2D eigenvalue weighted by Crippen LogP contribution is 2.25. The van der Waals surface area contributed by atoms with Crippen molar-refractivity contribution >= 4 is 17.7 Å². The molecule has 1 heterocycles. The van der Waals surface area contributed by atoms with Gasteiger partial charge in [-0.15, -0.1) is 10.2 Å². The minimum atomic E-state index is -0.0649. The summed E-state index contributed by atoms with van der Waals surface area (Å²) >= 11 is 1.25. The van der Waals surface area contributed by atoms with Crippen LogP contribution in [-0.2, 0) is 11.2 Å². The fraction of sp³-hybridized carbons (Fsp3) is 0.375. The molecule has 0 saturated heterocycles. The number of amides is 1. The molecule has 0 aliphatic rings. The maximum Gasteiger partial charge on any atom is 0.277 e. The van der Waals surface area contributed by atoms with Gasteiger partial charge in [-0.3, -0.25) is 4.79 Å². The number of nitrogens with one attached hydrogen (secondary N) is 1. The van der Waals surface area contributed by atoms with Gasteiger partial charge >= 0.3 is 0 Å². The van der Waals surface area contributed by atoms with E-state index in [4.69, 9.17) is 4.42 Å². The van der Waals surface area contributed by atoms with Crippen LogP contribution < -0.4 is 5.32 Å². The van der Waals surface area contributed by atoms with E-state index in [1.165, 1.54) is 17.3 Å². The van der Waals surface area contributed by atoms with Crippen molar-refractivity contribution in [2.24, 2.45) is 5.92 Å². The molecule has 0 aliphatic heterocycles. The number of carbonyl (C=O) groups is 1. The van der Waals surface area contributed by atoms with E-state index in [0.717, 1.165) is 28.7 Å². The molecule has 1 amide bonds. The highest BCUT2D eigenvalue weighted by molar-refractivity contribution is 7.99. The molecule has 158 valence electrons. The summed E-state index contributed by atoms with van der Waals surface area (Å²) in [6, 6.07) is 14.5. The second kappa shape index (κ2) is 9.94. The van der Waals surface area contributed by atoms with Crippen LogP contribution in [0.25, 0.3) is 11.5 Å². The Hall–Kier alpha value is -2.60. The minimum Gasteiger partial charge on any atom is -0.411 e. The van der Waals surface area contributed by atoms with E-state index < -0.39 is 0 Å². The lowest BCUT2D eigenvalue weighted by molar-refractivity contribution is -0.119. The number of thioether (sulfide) groups is 1. The van der Waals surface area contributed by atoms with Gasteiger partial charge in [0.05, 0.1) is 11.8 Å². The van der Waals surface area contributed by atoms with Crippen molar-refractivity contribution in [3.63, 3.8) is 0 Å². The first-order valence-electron chi connectivity index (χ1n) is 10.2. The number of nitrogens with zero attached hydrogens (tertiary/aromatic N) is 2. The van der Waals surface area contributed by atoms with Crippen molar-refractivity contribution in [3.8, 4) is 11.5 Å². The second-order valence-electron chi connectivity index (χ2n) is 8.17. The van der Waals surface area contributed by atoms with Crippen LogP contribution in [0.2, 0.25) is 0 Å². The smallest absolute Gasteiger partial charge is 0.277 e. The van der Waals surface area contributed by atoms with Crippen molar-refractivity contribution in [3.05, 3.63) is 64.7 Å². The van der Waals surface area contributed by atoms with Crippen LogP contribution in [-0.4, -0.2) is 21.9 Å². The summed E-state index contributed by atoms with van der Waals surface area (Å²) in [5.41, 5.74) is 5.59. The van der Waals surface area contributed by atoms with E-state index >= 15 is 0 Å². The molecule has 30 heavy (non-hydrogen) atoms. The molecule has 1 N–H and O–H groups in total. The summed E-state index contributed by atoms with van der Waals surface area (Å²) in [7, 11) is 0. The molecule has 0 fully saturated rings. The van der Waals surface area contributed by atoms with E-state index in [1.807, 2.05) is 32.9 Å². The zero-order valence-corrected chi connectivity index (χ0v) is 19.0. The van der Waals surface area contributed by atoms with Crippen LogP contribution in [0.15, 0.2) is 52.1 Å². The molecule has 2 aromatic carbocycles. The van der Waals surface area contributed by atoms with E-state index in [-0.39, 0.29) is 17.7 Å². The molecule has 0 saturated carbocycles. The average Bonchev–Trinajstić information content (AvgIpc) is 3.15. The molecule has 0 aliphatic carbocycles. The van der Waals surface area contributed by atoms with Crippen LogP contribution in [0.4, 0.5) is 0 Å². The van der Waals surface area contributed by atoms with E-state index in [2.05, 4.69) is 59.7 Å². The van der Waals surface area contributed by atoms with E-state index in [9.17, 15) is 4.79 Å². The number of aryl methyl sites for hydroxylation is 2. The molecular weight excluding hydrogens is 394 g/mol. The van der Waals surface area contributed by atoms with Gasteiger partial charge in [0.1, 0.15) is 0 Å². The number of carbonyl (C=O) groups excluding carboxylic acids is 1. The lowest BCUT2D eigenvalue weighted by atomic mass is 10.00. The number of benzene rings is 2. The van der Waals surface area contributed by atoms with Crippen molar-refractivity contribution in [1.29, 1.82) is 0 Å². The minimum absolute atomic E-state index is 0.0558. The molecule has 1 atom stereocenters. The Morgan fingerprint density at radius 1 is 1.03 bits per heavy atom. The molecular formula is C24H29N3O2S. The van der Waals surface area contributed by atoms with Gasteiger partial charge in [0, 0.05) is 5.56 Å². The maximum absolute atomic E-state index is 12.4. The second-order valence-corrected chi connectivity index (χ2v) is 9.09. The molecule has 0 bridgehead atoms. The third kappa shape index (κ3) is 6.20. The largest absolute Gasteiger partial charge is 0.411 e. The summed E-state index contributed by atoms with van der Waals surface area (Å²) < 4.78 is 5.73. The van der Waals surface area contributed by atoms with Gasteiger partial charge in [-0.25, -0.2) is 0 Å². The summed E-state index contributed by atoms with van der Waals surface area (Å²) in [5, 5.41) is 11.6. The first-order valence-corrected chi connectivity index (χ1v) is 11.2. The fourth-order valence-corrected chi connectivity index (χ4v) is 3.96. The highest BCUT2D eigenvalue weighted by Gasteiger charge is 2.14. The number of aromatic nitrogens is 2. The van der Waals surface area contributed by atoms with Gasteiger partial charge in [-0.2, -0.15) is 0 Å². The Morgan fingerprint density at radius 2 is 1.70 bits per heavy atom. The highest BCUT2D eigenvalue weighted by atomic mass is 32.2. The van der Waals surface area contributed by atoms with E-state index in [0.29, 0.717) is 17.0 Å². The third-order valence-corrected chi connectivity index (χ3v) is 5.52. The Kier molecular flexibility index (Phi) is 7.32. The molecule has 5 nitrogen and oxygen atoms in total. The van der Waals surface area contributed by atoms with Gasteiger partial charge in [0.15, 0.2) is 0 Å². The molecule has 3 rings (SSSR count). The predicted molar refractivity (Wildman–Crippen MR) is 121 cm³/mol. The number of hydrogen-bond acceptors (Lipinski definition) is 5. The molecule has 1 aromatic heterocycles. The SMILES string of the molecule is Cc1cc(C)cc(-c2nnc(SCC(=O)N[C@@H](C)c3ccc(CC(C)C)cc3)o2)c1. The Labute approximate surface area is 182 Å². The summed E-state index contributed by atoms with van der Waals surface area (Å²) in [6.45, 7) is 10.5. The van der Waals surface area contributed by atoms with Gasteiger partial charge < -0.3 is 9.73 Å². The normalized spacial score (nSPS) is 12.2. The lowest BCUT2D eigenvalue weighted by Gasteiger charge is -2.15. The standard InChI is InChI=1S/C24H29N3O2S/c1-15(2)10-19-6-8-20(9-7-19)18(5)25-22(28)14-30-24-27-26-23(29-24)21-12-16(3)11-17(4)13-21/h6-9,11-13,15,18H,10,14H2,1-5H3,(H,25,28)/t18-/m0/s1. The van der Waals surface area contributed by atoms with E-state index in [1.54, 1.807) is 0 Å². The summed E-state index contributed by atoms with van der Waals surface area (Å²) in [6.07, 6.45) is 1.06. The van der Waals surface area contributed by atoms with Gasteiger partial charge in [0.25, 0.3) is 5.22 Å². The monoisotopic (exact) mass is 423 g/mol. The van der Waals surface area contributed by atoms with Crippen molar-refractivity contribution in [2.45, 2.75) is 52.3 Å². The Balaban J connectivity index is 1.52. The Morgan fingerprint density at radius 3 is 2.33 bits per heavy atom. The zero-order valence-electron chi connectivity index (χ0n) is 18.2. The van der Waals surface area contributed by atoms with Gasteiger partial charge in [0.2, 0.25) is 11.8 Å². The topological polar surface area (TPSA) is 68.0 Å². The van der Waals surface area contributed by atoms with Crippen molar-refractivity contribution in [2.75, 3.05) is 5.75 Å². The van der Waals surface area contributed by atoms with Gasteiger partial charge in [-0.05, 0) is 56.4 Å². The quantitative estimate of drug-likeness (QED) is 0.483. The number of hydrogen-bond donors (Lipinski definition) is 1.